The molecule has 7 heteroatoms. The number of hydrogen-bond acceptors (Lipinski definition) is 5. The third-order valence-electron chi connectivity index (χ3n) is 3.12. The molecule has 1 N–H and O–H groups in total. The molecule has 2 rings (SSSR count). The summed E-state index contributed by atoms with van der Waals surface area (Å²) in [5, 5.41) is 15.7. The van der Waals surface area contributed by atoms with Gasteiger partial charge >= 0.3 is 0 Å². The highest BCUT2D eigenvalue weighted by molar-refractivity contribution is 5.94. The van der Waals surface area contributed by atoms with E-state index in [1.807, 2.05) is 19.9 Å². The van der Waals surface area contributed by atoms with Crippen molar-refractivity contribution < 1.29 is 4.79 Å². The maximum atomic E-state index is 12.3. The molecule has 1 amide bonds. The summed E-state index contributed by atoms with van der Waals surface area (Å²) in [5.74, 6) is 0.594. The third kappa shape index (κ3) is 3.23. The van der Waals surface area contributed by atoms with E-state index in [-0.39, 0.29) is 23.6 Å². The van der Waals surface area contributed by atoms with Crippen LogP contribution in [0.3, 0.4) is 0 Å². The van der Waals surface area contributed by atoms with Crippen molar-refractivity contribution in [3.63, 3.8) is 0 Å². The predicted octanol–water partition coefficient (Wildman–Crippen LogP) is 1.21. The van der Waals surface area contributed by atoms with E-state index in [4.69, 9.17) is 5.26 Å². The molecule has 0 unspecified atom stereocenters. The number of nitrogens with zero attached hydrogens (tertiary/aromatic N) is 5. The molecule has 108 valence electrons. The molecule has 21 heavy (non-hydrogen) atoms. The van der Waals surface area contributed by atoms with Crippen molar-refractivity contribution in [2.75, 3.05) is 0 Å². The van der Waals surface area contributed by atoms with Crippen LogP contribution in [0.5, 0.6) is 0 Å². The number of aryl methyl sites for hydroxylation is 1. The van der Waals surface area contributed by atoms with Crippen LogP contribution >= 0.6 is 0 Å². The Hall–Kier alpha value is -2.75. The third-order valence-corrected chi connectivity index (χ3v) is 3.12. The first-order valence-electron chi connectivity index (χ1n) is 6.54. The molecule has 1 atom stereocenters. The quantitative estimate of drug-likeness (QED) is 0.910. The zero-order valence-electron chi connectivity index (χ0n) is 12.1. The minimum absolute atomic E-state index is 0.156. The van der Waals surface area contributed by atoms with Gasteiger partial charge < -0.3 is 5.32 Å². The summed E-state index contributed by atoms with van der Waals surface area (Å²) in [5.41, 5.74) is 0.682. The second-order valence-corrected chi connectivity index (χ2v) is 4.98. The van der Waals surface area contributed by atoms with Gasteiger partial charge in [-0.3, -0.25) is 9.48 Å². The van der Waals surface area contributed by atoms with Gasteiger partial charge in [0.1, 0.15) is 23.9 Å². The lowest BCUT2D eigenvalue weighted by Crippen LogP contribution is -2.33. The molecule has 0 aromatic carbocycles. The molecule has 0 aliphatic rings. The number of carbonyl (C=O) groups is 1. The molecule has 0 aliphatic carbocycles. The summed E-state index contributed by atoms with van der Waals surface area (Å²) in [6.45, 7) is 3.99. The van der Waals surface area contributed by atoms with E-state index < -0.39 is 0 Å². The SMILES string of the molecule is CC(C)[C@@H](NC(=O)c1ccc(C#N)nc1)c1ncnn1C. The number of carbonyl (C=O) groups excluding carboxylic acids is 1. The lowest BCUT2D eigenvalue weighted by atomic mass is 10.0. The molecule has 7 nitrogen and oxygen atoms in total. The molecule has 2 heterocycles. The van der Waals surface area contributed by atoms with E-state index in [0.29, 0.717) is 11.4 Å². The van der Waals surface area contributed by atoms with Crippen LogP contribution in [-0.2, 0) is 7.05 Å². The van der Waals surface area contributed by atoms with Gasteiger partial charge in [-0.2, -0.15) is 10.4 Å². The fourth-order valence-corrected chi connectivity index (χ4v) is 1.93. The van der Waals surface area contributed by atoms with Crippen molar-refractivity contribution in [2.45, 2.75) is 19.9 Å². The predicted molar refractivity (Wildman–Crippen MR) is 75.0 cm³/mol. The Bertz CT molecular complexity index is 668. The van der Waals surface area contributed by atoms with Gasteiger partial charge in [-0.15, -0.1) is 0 Å². The van der Waals surface area contributed by atoms with Gasteiger partial charge in [-0.25, -0.2) is 9.97 Å². The first-order valence-corrected chi connectivity index (χ1v) is 6.54. The lowest BCUT2D eigenvalue weighted by molar-refractivity contribution is 0.0921. The van der Waals surface area contributed by atoms with Gasteiger partial charge in [0.25, 0.3) is 5.91 Å². The van der Waals surface area contributed by atoms with Crippen LogP contribution in [0, 0.1) is 17.2 Å². The van der Waals surface area contributed by atoms with E-state index in [9.17, 15) is 4.79 Å². The van der Waals surface area contributed by atoms with Gasteiger partial charge in [0, 0.05) is 13.2 Å². The highest BCUT2D eigenvalue weighted by Crippen LogP contribution is 2.19. The van der Waals surface area contributed by atoms with Crippen molar-refractivity contribution >= 4 is 5.91 Å². The van der Waals surface area contributed by atoms with Crippen LogP contribution in [0.1, 0.15) is 41.8 Å². The normalized spacial score (nSPS) is 12.0. The lowest BCUT2D eigenvalue weighted by Gasteiger charge is -2.21. The number of pyridine rings is 1. The minimum Gasteiger partial charge on any atom is -0.342 e. The first kappa shape index (κ1) is 14.7. The monoisotopic (exact) mass is 284 g/mol. The van der Waals surface area contributed by atoms with Crippen LogP contribution < -0.4 is 5.32 Å². The maximum Gasteiger partial charge on any atom is 0.253 e. The van der Waals surface area contributed by atoms with Crippen molar-refractivity contribution in [1.29, 1.82) is 5.26 Å². The molecule has 2 aromatic heterocycles. The molecular formula is C14H16N6O. The Morgan fingerprint density at radius 3 is 2.62 bits per heavy atom. The van der Waals surface area contributed by atoms with Gasteiger partial charge in [0.2, 0.25) is 0 Å². The van der Waals surface area contributed by atoms with E-state index in [1.165, 1.54) is 18.6 Å². The second-order valence-electron chi connectivity index (χ2n) is 4.98. The van der Waals surface area contributed by atoms with Crippen LogP contribution in [0.15, 0.2) is 24.7 Å². The van der Waals surface area contributed by atoms with E-state index in [2.05, 4.69) is 20.4 Å². The zero-order valence-corrected chi connectivity index (χ0v) is 12.1. The van der Waals surface area contributed by atoms with Gasteiger partial charge in [-0.05, 0) is 18.1 Å². The number of nitrogens with one attached hydrogen (secondary N) is 1. The summed E-state index contributed by atoms with van der Waals surface area (Å²) in [6, 6.07) is 4.76. The Labute approximate surface area is 122 Å². The van der Waals surface area contributed by atoms with Crippen molar-refractivity contribution in [3.8, 4) is 6.07 Å². The second kappa shape index (κ2) is 6.13. The summed E-state index contributed by atoms with van der Waals surface area (Å²) in [7, 11) is 1.78. The van der Waals surface area contributed by atoms with Crippen molar-refractivity contribution in [3.05, 3.63) is 41.7 Å². The molecule has 2 aromatic rings. The standard InChI is InChI=1S/C14H16N6O/c1-9(2)12(13-17-8-18-20(13)3)19-14(21)10-4-5-11(6-15)16-7-10/h4-5,7-9,12H,1-3H3,(H,19,21)/t12-/m1/s1. The molecule has 0 fully saturated rings. The molecule has 0 aliphatic heterocycles. The highest BCUT2D eigenvalue weighted by atomic mass is 16.1. The fourth-order valence-electron chi connectivity index (χ4n) is 1.93. The average molecular weight is 284 g/mol. The van der Waals surface area contributed by atoms with Crippen LogP contribution in [0.2, 0.25) is 0 Å². The van der Waals surface area contributed by atoms with Crippen LogP contribution in [0.4, 0.5) is 0 Å². The number of aromatic nitrogens is 4. The zero-order chi connectivity index (χ0) is 15.4. The van der Waals surface area contributed by atoms with E-state index >= 15 is 0 Å². The molecule has 0 saturated heterocycles. The summed E-state index contributed by atoms with van der Waals surface area (Å²) >= 11 is 0. The molecule has 0 radical (unpaired) electrons. The van der Waals surface area contributed by atoms with Crippen molar-refractivity contribution in [1.82, 2.24) is 25.1 Å². The molecular weight excluding hydrogens is 268 g/mol. The Balaban J connectivity index is 2.19. The van der Waals surface area contributed by atoms with Crippen LogP contribution in [0.25, 0.3) is 0 Å². The summed E-state index contributed by atoms with van der Waals surface area (Å²) < 4.78 is 1.64. The molecule has 0 saturated carbocycles. The van der Waals surface area contributed by atoms with Gasteiger partial charge in [0.15, 0.2) is 0 Å². The number of nitriles is 1. The molecule has 0 bridgehead atoms. The van der Waals surface area contributed by atoms with Crippen molar-refractivity contribution in [2.24, 2.45) is 13.0 Å². The largest absolute Gasteiger partial charge is 0.342 e. The highest BCUT2D eigenvalue weighted by Gasteiger charge is 2.23. The fraction of sp³-hybridized carbons (Fsp3) is 0.357. The maximum absolute atomic E-state index is 12.3. The van der Waals surface area contributed by atoms with Crippen LogP contribution in [-0.4, -0.2) is 25.7 Å². The summed E-state index contributed by atoms with van der Waals surface area (Å²) in [4.78, 5) is 20.4. The Morgan fingerprint density at radius 1 is 1.38 bits per heavy atom. The Morgan fingerprint density at radius 2 is 2.14 bits per heavy atom. The van der Waals surface area contributed by atoms with E-state index in [1.54, 1.807) is 17.8 Å². The van der Waals surface area contributed by atoms with E-state index in [0.717, 1.165) is 0 Å². The number of amides is 1. The summed E-state index contributed by atoms with van der Waals surface area (Å²) in [6.07, 6.45) is 2.85. The smallest absolute Gasteiger partial charge is 0.253 e. The number of rotatable bonds is 4. The Kier molecular flexibility index (Phi) is 4.28. The first-order chi connectivity index (χ1) is 10.0. The molecule has 0 spiro atoms. The number of hydrogen-bond donors (Lipinski definition) is 1. The minimum atomic E-state index is -0.256. The van der Waals surface area contributed by atoms with Gasteiger partial charge in [0.05, 0.1) is 11.6 Å². The average Bonchev–Trinajstić information content (AvgIpc) is 2.90. The topological polar surface area (TPSA) is 96.5 Å². The van der Waals surface area contributed by atoms with Gasteiger partial charge in [-0.1, -0.05) is 13.8 Å².